The molecule has 19 heavy (non-hydrogen) atoms. The van der Waals surface area contributed by atoms with Crippen LogP contribution < -0.4 is 0 Å². The lowest BCUT2D eigenvalue weighted by atomic mass is 10.1. The molecule has 0 saturated heterocycles. The van der Waals surface area contributed by atoms with Gasteiger partial charge in [-0.25, -0.2) is 0 Å². The zero-order valence-electron chi connectivity index (χ0n) is 10.0. The Morgan fingerprint density at radius 1 is 0.789 bits per heavy atom. The van der Waals surface area contributed by atoms with Crippen LogP contribution in [-0.4, -0.2) is 37.0 Å². The summed E-state index contributed by atoms with van der Waals surface area (Å²) in [6.07, 6.45) is -0.508. The zero-order chi connectivity index (χ0) is 14.7. The molecule has 1 rings (SSSR count). The molecule has 0 aliphatic rings. The van der Waals surface area contributed by atoms with Crippen LogP contribution in [0.5, 0.6) is 5.75 Å². The molecule has 108 valence electrons. The first kappa shape index (κ1) is 16.4. The summed E-state index contributed by atoms with van der Waals surface area (Å²) in [6.45, 7) is 0. The number of benzene rings is 1. The van der Waals surface area contributed by atoms with Gasteiger partial charge in [-0.15, -0.1) is 0 Å². The Morgan fingerprint density at radius 3 is 1.47 bits per heavy atom. The molecular weight excluding hydrogens is 294 g/mol. The first-order valence-electron chi connectivity index (χ1n) is 5.46. The highest BCUT2D eigenvalue weighted by atomic mass is 31.2. The molecule has 0 aliphatic carbocycles. The molecule has 0 aliphatic heterocycles. The van der Waals surface area contributed by atoms with E-state index in [9.17, 15) is 14.2 Å². The van der Waals surface area contributed by atoms with Crippen LogP contribution in [0.3, 0.4) is 0 Å². The zero-order valence-corrected chi connectivity index (χ0v) is 11.8. The highest BCUT2D eigenvalue weighted by Gasteiger charge is 2.15. The van der Waals surface area contributed by atoms with Crippen LogP contribution in [0.4, 0.5) is 0 Å². The number of aromatic hydroxyl groups is 1. The van der Waals surface area contributed by atoms with Crippen LogP contribution in [-0.2, 0) is 22.0 Å². The summed E-state index contributed by atoms with van der Waals surface area (Å²) in [5.41, 5.74) is 1.04. The highest BCUT2D eigenvalue weighted by Crippen LogP contribution is 2.36. The molecule has 0 saturated carbocycles. The van der Waals surface area contributed by atoms with Gasteiger partial charge in [-0.3, -0.25) is 9.13 Å². The van der Waals surface area contributed by atoms with Crippen LogP contribution in [0.1, 0.15) is 11.1 Å². The van der Waals surface area contributed by atoms with Gasteiger partial charge < -0.3 is 24.7 Å². The predicted molar refractivity (Wildman–Crippen MR) is 69.3 cm³/mol. The SMILES string of the molecule is O=P(O)(O)CCc1cc(O)cc(CCP(=O)(O)O)c1. The number of aryl methyl sites for hydroxylation is 2. The molecule has 0 heterocycles. The van der Waals surface area contributed by atoms with Crippen molar-refractivity contribution in [1.29, 1.82) is 0 Å². The van der Waals surface area contributed by atoms with E-state index in [2.05, 4.69) is 0 Å². The molecule has 7 nitrogen and oxygen atoms in total. The van der Waals surface area contributed by atoms with E-state index >= 15 is 0 Å². The molecule has 1 aromatic carbocycles. The van der Waals surface area contributed by atoms with E-state index in [1.165, 1.54) is 12.1 Å². The Hall–Kier alpha value is -0.680. The quantitative estimate of drug-likeness (QED) is 0.491. The Bertz CT molecular complexity index is 486. The monoisotopic (exact) mass is 310 g/mol. The van der Waals surface area contributed by atoms with Crippen molar-refractivity contribution in [2.75, 3.05) is 12.3 Å². The van der Waals surface area contributed by atoms with Gasteiger partial charge in [-0.2, -0.15) is 0 Å². The Morgan fingerprint density at radius 2 is 1.16 bits per heavy atom. The van der Waals surface area contributed by atoms with Crippen molar-refractivity contribution >= 4 is 15.2 Å². The third kappa shape index (κ3) is 7.47. The van der Waals surface area contributed by atoms with Crippen molar-refractivity contribution in [2.24, 2.45) is 0 Å². The van der Waals surface area contributed by atoms with Crippen LogP contribution in [0.2, 0.25) is 0 Å². The second kappa shape index (κ2) is 6.18. The lowest BCUT2D eigenvalue weighted by Crippen LogP contribution is -1.98. The van der Waals surface area contributed by atoms with Crippen molar-refractivity contribution in [3.8, 4) is 5.75 Å². The molecule has 0 spiro atoms. The number of hydrogen-bond acceptors (Lipinski definition) is 3. The first-order chi connectivity index (χ1) is 8.55. The smallest absolute Gasteiger partial charge is 0.325 e. The van der Waals surface area contributed by atoms with Gasteiger partial charge in [0.2, 0.25) is 0 Å². The molecule has 0 unspecified atom stereocenters. The lowest BCUT2D eigenvalue weighted by Gasteiger charge is -2.08. The minimum atomic E-state index is -4.11. The van der Waals surface area contributed by atoms with E-state index in [1.807, 2.05) is 0 Å². The van der Waals surface area contributed by atoms with Crippen molar-refractivity contribution in [3.63, 3.8) is 0 Å². The lowest BCUT2D eigenvalue weighted by molar-refractivity contribution is 0.371. The van der Waals surface area contributed by atoms with Gasteiger partial charge in [0, 0.05) is 0 Å². The summed E-state index contributed by atoms with van der Waals surface area (Å²) < 4.78 is 21.5. The van der Waals surface area contributed by atoms with E-state index in [0.717, 1.165) is 0 Å². The fourth-order valence-corrected chi connectivity index (χ4v) is 2.68. The summed E-state index contributed by atoms with van der Waals surface area (Å²) in [5.74, 6) is -0.0936. The predicted octanol–water partition coefficient (Wildman–Crippen LogP) is 0.833. The third-order valence-corrected chi connectivity index (χ3v) is 4.03. The van der Waals surface area contributed by atoms with E-state index in [4.69, 9.17) is 19.6 Å². The number of hydrogen-bond donors (Lipinski definition) is 5. The second-order valence-electron chi connectivity index (χ2n) is 4.28. The van der Waals surface area contributed by atoms with Crippen LogP contribution in [0.15, 0.2) is 18.2 Å². The Balaban J connectivity index is 2.77. The maximum atomic E-state index is 10.8. The van der Waals surface area contributed by atoms with E-state index in [0.29, 0.717) is 11.1 Å². The molecule has 0 amide bonds. The molecule has 0 atom stereocenters. The summed E-state index contributed by atoms with van der Waals surface area (Å²) in [7, 11) is -8.22. The van der Waals surface area contributed by atoms with E-state index < -0.39 is 15.2 Å². The van der Waals surface area contributed by atoms with Crippen LogP contribution >= 0.6 is 15.2 Å². The summed E-state index contributed by atoms with van der Waals surface area (Å²) >= 11 is 0. The maximum absolute atomic E-state index is 10.8. The molecule has 1 aromatic rings. The van der Waals surface area contributed by atoms with Gasteiger partial charge in [-0.1, -0.05) is 6.07 Å². The van der Waals surface area contributed by atoms with Crippen LogP contribution in [0, 0.1) is 0 Å². The summed E-state index contributed by atoms with van der Waals surface area (Å²) in [6, 6.07) is 4.32. The highest BCUT2D eigenvalue weighted by molar-refractivity contribution is 7.52. The van der Waals surface area contributed by atoms with Gasteiger partial charge in [0.25, 0.3) is 0 Å². The van der Waals surface area contributed by atoms with Gasteiger partial charge >= 0.3 is 15.2 Å². The number of rotatable bonds is 6. The minimum Gasteiger partial charge on any atom is -0.508 e. The Kier molecular flexibility index (Phi) is 5.33. The van der Waals surface area contributed by atoms with Crippen molar-refractivity contribution in [1.82, 2.24) is 0 Å². The van der Waals surface area contributed by atoms with Crippen molar-refractivity contribution < 1.29 is 33.8 Å². The van der Waals surface area contributed by atoms with E-state index in [-0.39, 0.29) is 30.9 Å². The minimum absolute atomic E-state index is 0.0849. The van der Waals surface area contributed by atoms with Crippen LogP contribution in [0.25, 0.3) is 0 Å². The molecule has 0 radical (unpaired) electrons. The molecular formula is C10H16O7P2. The second-order valence-corrected chi connectivity index (χ2v) is 7.84. The average molecular weight is 310 g/mol. The van der Waals surface area contributed by atoms with Crippen molar-refractivity contribution in [3.05, 3.63) is 29.3 Å². The summed E-state index contributed by atoms with van der Waals surface area (Å²) in [5, 5.41) is 9.46. The standard InChI is InChI=1S/C10H16O7P2/c11-10-6-8(1-3-18(12,13)14)5-9(7-10)2-4-19(15,16)17/h5-7,11H,1-4H2,(H2,12,13,14)(H2,15,16,17). The van der Waals surface area contributed by atoms with Gasteiger partial charge in [-0.05, 0) is 36.1 Å². The molecule has 0 aromatic heterocycles. The van der Waals surface area contributed by atoms with Gasteiger partial charge in [0.1, 0.15) is 5.75 Å². The fourth-order valence-electron chi connectivity index (χ4n) is 1.58. The molecule has 5 N–H and O–H groups in total. The normalized spacial score (nSPS) is 12.6. The maximum Gasteiger partial charge on any atom is 0.325 e. The van der Waals surface area contributed by atoms with Crippen molar-refractivity contribution in [2.45, 2.75) is 12.8 Å². The fraction of sp³-hybridized carbons (Fsp3) is 0.400. The van der Waals surface area contributed by atoms with Gasteiger partial charge in [0.05, 0.1) is 12.3 Å². The van der Waals surface area contributed by atoms with Gasteiger partial charge in [0.15, 0.2) is 0 Å². The van der Waals surface area contributed by atoms with E-state index in [1.54, 1.807) is 6.07 Å². The summed E-state index contributed by atoms with van der Waals surface area (Å²) in [4.78, 5) is 35.1. The topological polar surface area (TPSA) is 135 Å². The first-order valence-corrected chi connectivity index (χ1v) is 9.06. The average Bonchev–Trinajstić information content (AvgIpc) is 2.21. The Labute approximate surface area is 110 Å². The third-order valence-electron chi connectivity index (χ3n) is 2.42. The molecule has 0 bridgehead atoms. The number of phenolic OH excluding ortho intramolecular Hbond substituents is 1. The number of phenols is 1. The molecule has 9 heteroatoms. The largest absolute Gasteiger partial charge is 0.508 e. The molecule has 0 fully saturated rings.